The summed E-state index contributed by atoms with van der Waals surface area (Å²) in [5, 5.41) is 34.1. The molecule has 0 aliphatic rings. The average molecular weight is 660 g/mol. The summed E-state index contributed by atoms with van der Waals surface area (Å²) in [6, 6.07) is 5.80. The number of benzene rings is 1. The maximum absolute atomic E-state index is 13.6. The smallest absolute Gasteiger partial charge is 0.336 e. The van der Waals surface area contributed by atoms with Crippen molar-refractivity contribution in [3.05, 3.63) is 42.0 Å². The number of aliphatic carboxylic acids is 1. The highest BCUT2D eigenvalue weighted by Gasteiger charge is 2.47. The zero-order valence-corrected chi connectivity index (χ0v) is 28.8. The molecule has 1 aromatic carbocycles. The van der Waals surface area contributed by atoms with E-state index in [9.17, 15) is 29.7 Å². The number of carboxylic acid groups (broad SMARTS) is 1. The number of allylic oxidation sites excluding steroid dienone is 1. The summed E-state index contributed by atoms with van der Waals surface area (Å²) < 4.78 is 15.5. The number of amides is 1. The number of ether oxygens (including phenoxy) is 3. The largest absolute Gasteiger partial charge is 0.481 e. The summed E-state index contributed by atoms with van der Waals surface area (Å²) in [7, 11) is 2.58. The molecule has 0 heterocycles. The topological polar surface area (TPSA) is 152 Å². The number of hydrogen-bond donors (Lipinski definition) is 4. The highest BCUT2D eigenvalue weighted by Crippen LogP contribution is 2.26. The number of unbranched alkanes of at least 4 members (excludes halogenated alkanes) is 8. The molecule has 4 atom stereocenters. The summed E-state index contributed by atoms with van der Waals surface area (Å²) in [6.45, 7) is 4.05. The SMILES string of the molecule is CC#CCOc1ccc(C[C@H](NC(=O)[C@@H](/C=C/CCCCCCC(O)CCCCCCC)[C@@](O)(CCOC)C(=O)O)C(=O)OC)cc1. The second-order valence-corrected chi connectivity index (χ2v) is 11.9. The van der Waals surface area contributed by atoms with E-state index in [2.05, 4.69) is 24.1 Å². The van der Waals surface area contributed by atoms with Gasteiger partial charge in [0.25, 0.3) is 0 Å². The Kier molecular flexibility index (Phi) is 21.9. The highest BCUT2D eigenvalue weighted by molar-refractivity contribution is 5.92. The number of methoxy groups -OCH3 is 2. The van der Waals surface area contributed by atoms with Crippen molar-refractivity contribution >= 4 is 17.8 Å². The van der Waals surface area contributed by atoms with Crippen LogP contribution in [0.4, 0.5) is 0 Å². The second kappa shape index (κ2) is 24.7. The molecule has 0 aliphatic carbocycles. The van der Waals surface area contributed by atoms with Crippen molar-refractivity contribution < 1.29 is 43.9 Å². The molecule has 10 heteroatoms. The van der Waals surface area contributed by atoms with E-state index in [1.165, 1.54) is 46.0 Å². The molecule has 0 fully saturated rings. The number of hydrogen-bond acceptors (Lipinski definition) is 8. The van der Waals surface area contributed by atoms with Gasteiger partial charge in [0.05, 0.1) is 19.1 Å². The standard InChI is InChI=1S/C37H57NO9/c1-5-7-9-12-15-18-30(39)19-16-13-10-11-14-17-20-32(37(44,36(42)43)25-27-45-3)34(40)38-33(35(41)46-4)28-29-21-23-31(24-22-29)47-26-8-6-2/h17,20-24,30,32-33,39,44H,5,7,9-16,18-19,25-28H2,1-4H3,(H,38,40)(H,42,43)/b20-17+/t30?,32-,33+,37+/m1/s1. The lowest BCUT2D eigenvalue weighted by Crippen LogP contribution is -2.55. The maximum atomic E-state index is 13.6. The minimum atomic E-state index is -2.47. The summed E-state index contributed by atoms with van der Waals surface area (Å²) >= 11 is 0. The van der Waals surface area contributed by atoms with Crippen LogP contribution in [0.15, 0.2) is 36.4 Å². The first-order valence-electron chi connectivity index (χ1n) is 16.9. The Bertz CT molecular complexity index is 1120. The van der Waals surface area contributed by atoms with E-state index < -0.39 is 35.4 Å². The van der Waals surface area contributed by atoms with E-state index in [0.29, 0.717) is 17.7 Å². The molecule has 0 spiro atoms. The molecule has 10 nitrogen and oxygen atoms in total. The molecule has 264 valence electrons. The maximum Gasteiger partial charge on any atom is 0.336 e. The average Bonchev–Trinajstić information content (AvgIpc) is 3.06. The first-order valence-corrected chi connectivity index (χ1v) is 16.9. The number of carbonyl (C=O) groups is 3. The predicted molar refractivity (Wildman–Crippen MR) is 182 cm³/mol. The van der Waals surface area contributed by atoms with Gasteiger partial charge in [0.1, 0.15) is 18.4 Å². The van der Waals surface area contributed by atoms with Gasteiger partial charge >= 0.3 is 11.9 Å². The monoisotopic (exact) mass is 659 g/mol. The first-order chi connectivity index (χ1) is 22.6. The van der Waals surface area contributed by atoms with Crippen LogP contribution in [-0.2, 0) is 30.3 Å². The lowest BCUT2D eigenvalue weighted by Gasteiger charge is -2.30. The van der Waals surface area contributed by atoms with E-state index in [0.717, 1.165) is 44.9 Å². The number of rotatable bonds is 26. The summed E-state index contributed by atoms with van der Waals surface area (Å²) in [5.41, 5.74) is -1.77. The van der Waals surface area contributed by atoms with Gasteiger partial charge in [0.2, 0.25) is 5.91 Å². The fraction of sp³-hybridized carbons (Fsp3) is 0.649. The van der Waals surface area contributed by atoms with Gasteiger partial charge in [-0.15, -0.1) is 5.92 Å². The number of nitrogens with one attached hydrogen (secondary N) is 1. The van der Waals surface area contributed by atoms with E-state index in [4.69, 9.17) is 14.2 Å². The molecule has 1 rings (SSSR count). The van der Waals surface area contributed by atoms with Crippen LogP contribution in [0.2, 0.25) is 0 Å². The fourth-order valence-electron chi connectivity index (χ4n) is 5.22. The van der Waals surface area contributed by atoms with Crippen LogP contribution in [0, 0.1) is 17.8 Å². The quantitative estimate of drug-likeness (QED) is 0.0445. The number of carboxylic acids is 1. The fourth-order valence-corrected chi connectivity index (χ4v) is 5.22. The van der Waals surface area contributed by atoms with Gasteiger partial charge in [-0.25, -0.2) is 9.59 Å². The Morgan fingerprint density at radius 2 is 1.62 bits per heavy atom. The van der Waals surface area contributed by atoms with Crippen molar-refractivity contribution in [3.8, 4) is 17.6 Å². The van der Waals surface area contributed by atoms with Crippen LogP contribution in [0.3, 0.4) is 0 Å². The number of aliphatic hydroxyl groups is 2. The zero-order chi connectivity index (χ0) is 34.9. The van der Waals surface area contributed by atoms with Crippen LogP contribution in [-0.4, -0.2) is 78.3 Å². The van der Waals surface area contributed by atoms with Gasteiger partial charge in [0.15, 0.2) is 5.60 Å². The number of esters is 1. The highest BCUT2D eigenvalue weighted by atomic mass is 16.5. The van der Waals surface area contributed by atoms with Crippen LogP contribution >= 0.6 is 0 Å². The Morgan fingerprint density at radius 1 is 0.979 bits per heavy atom. The van der Waals surface area contributed by atoms with Crippen molar-refractivity contribution in [2.45, 2.75) is 121 Å². The molecule has 47 heavy (non-hydrogen) atoms. The van der Waals surface area contributed by atoms with Crippen LogP contribution in [0.1, 0.15) is 103 Å². The molecule has 1 amide bonds. The lowest BCUT2D eigenvalue weighted by atomic mass is 9.83. The van der Waals surface area contributed by atoms with E-state index >= 15 is 0 Å². The summed E-state index contributed by atoms with van der Waals surface area (Å²) in [6.07, 6.45) is 14.3. The zero-order valence-electron chi connectivity index (χ0n) is 28.8. The predicted octanol–water partition coefficient (Wildman–Crippen LogP) is 5.38. The van der Waals surface area contributed by atoms with Crippen molar-refractivity contribution in [1.29, 1.82) is 0 Å². The Balaban J connectivity index is 2.86. The third-order valence-corrected chi connectivity index (χ3v) is 8.14. The van der Waals surface area contributed by atoms with Gasteiger partial charge in [-0.2, -0.15) is 0 Å². The molecular weight excluding hydrogens is 602 g/mol. The van der Waals surface area contributed by atoms with Crippen molar-refractivity contribution in [2.24, 2.45) is 5.92 Å². The Morgan fingerprint density at radius 3 is 2.19 bits per heavy atom. The van der Waals surface area contributed by atoms with Gasteiger partial charge in [-0.1, -0.05) is 88.5 Å². The van der Waals surface area contributed by atoms with Gasteiger partial charge < -0.3 is 34.8 Å². The van der Waals surface area contributed by atoms with Crippen molar-refractivity contribution in [1.82, 2.24) is 5.32 Å². The summed E-state index contributed by atoms with van der Waals surface area (Å²) in [5.74, 6) is 1.56. The molecule has 0 aromatic heterocycles. The molecular formula is C37H57NO9. The van der Waals surface area contributed by atoms with Crippen molar-refractivity contribution in [3.63, 3.8) is 0 Å². The second-order valence-electron chi connectivity index (χ2n) is 11.9. The van der Waals surface area contributed by atoms with Crippen molar-refractivity contribution in [2.75, 3.05) is 27.4 Å². The third kappa shape index (κ3) is 16.8. The van der Waals surface area contributed by atoms with Crippen LogP contribution in [0.25, 0.3) is 0 Å². The number of aliphatic hydroxyl groups excluding tert-OH is 1. The molecule has 0 radical (unpaired) electrons. The third-order valence-electron chi connectivity index (χ3n) is 8.14. The lowest BCUT2D eigenvalue weighted by molar-refractivity contribution is -0.169. The molecule has 0 aliphatic heterocycles. The van der Waals surface area contributed by atoms with E-state index in [1.54, 1.807) is 37.3 Å². The minimum Gasteiger partial charge on any atom is -0.481 e. The van der Waals surface area contributed by atoms with Gasteiger partial charge in [0, 0.05) is 26.6 Å². The molecule has 1 unspecified atom stereocenters. The van der Waals surface area contributed by atoms with Gasteiger partial charge in [-0.3, -0.25) is 4.79 Å². The van der Waals surface area contributed by atoms with E-state index in [1.807, 2.05) is 0 Å². The Hall–Kier alpha value is -3.39. The minimum absolute atomic E-state index is 0.0705. The molecule has 1 aromatic rings. The van der Waals surface area contributed by atoms with Crippen LogP contribution < -0.4 is 10.1 Å². The molecule has 0 saturated carbocycles. The first kappa shape index (κ1) is 41.6. The van der Waals surface area contributed by atoms with Crippen LogP contribution in [0.5, 0.6) is 5.75 Å². The summed E-state index contributed by atoms with van der Waals surface area (Å²) in [4.78, 5) is 38.6. The molecule has 0 bridgehead atoms. The molecule has 4 N–H and O–H groups in total. The molecule has 0 saturated heterocycles. The number of carbonyl (C=O) groups excluding carboxylic acids is 2. The van der Waals surface area contributed by atoms with Gasteiger partial charge in [-0.05, 0) is 50.3 Å². The normalized spacial score (nSPS) is 14.3. The Labute approximate surface area is 281 Å². The van der Waals surface area contributed by atoms with E-state index in [-0.39, 0.29) is 32.2 Å².